The topological polar surface area (TPSA) is 106 Å². The average Bonchev–Trinajstić information content (AvgIpc) is 3.27. The van der Waals surface area contributed by atoms with Crippen LogP contribution in [0.5, 0.6) is 34.8 Å². The molecule has 6 rings (SSSR count). The Hall–Kier alpha value is -5.18. The molecule has 0 aliphatic carbocycles. The van der Waals surface area contributed by atoms with Crippen LogP contribution in [0.15, 0.2) is 78.8 Å². The molecule has 1 aromatic heterocycles. The van der Waals surface area contributed by atoms with Crippen molar-refractivity contribution in [2.75, 3.05) is 14.2 Å². The van der Waals surface area contributed by atoms with Crippen molar-refractivity contribution in [1.29, 1.82) is 0 Å². The minimum atomic E-state index is -0.426. The van der Waals surface area contributed by atoms with Gasteiger partial charge in [0.1, 0.15) is 17.2 Å². The number of rotatable bonds is 6. The quantitative estimate of drug-likeness (QED) is 0.188. The van der Waals surface area contributed by atoms with E-state index >= 15 is 0 Å². The minimum absolute atomic E-state index is 0.0705. The highest BCUT2D eigenvalue weighted by atomic mass is 16.5. The maximum Gasteiger partial charge on any atom is 0.321 e. The first-order valence-electron chi connectivity index (χ1n) is 12.1. The number of aromatic nitrogens is 2. The van der Waals surface area contributed by atoms with Gasteiger partial charge in [-0.1, -0.05) is 18.2 Å². The number of carbonyl (C=O) groups excluding carboxylic acids is 2. The number of hydrogen-bond acceptors (Lipinski definition) is 9. The minimum Gasteiger partial charge on any atom is -0.493 e. The molecule has 0 fully saturated rings. The second kappa shape index (κ2) is 9.94. The van der Waals surface area contributed by atoms with Crippen molar-refractivity contribution < 1.29 is 33.3 Å². The molecule has 9 heteroatoms. The van der Waals surface area contributed by atoms with Gasteiger partial charge in [0.2, 0.25) is 5.78 Å². The van der Waals surface area contributed by atoms with E-state index in [2.05, 4.69) is 9.97 Å². The number of allylic oxidation sites excluding steroid dienone is 1. The van der Waals surface area contributed by atoms with Gasteiger partial charge in [0.15, 0.2) is 17.3 Å². The zero-order valence-corrected chi connectivity index (χ0v) is 21.0. The molecule has 1 atom stereocenters. The summed E-state index contributed by atoms with van der Waals surface area (Å²) < 4.78 is 28.2. The van der Waals surface area contributed by atoms with Gasteiger partial charge in [-0.3, -0.25) is 9.59 Å². The largest absolute Gasteiger partial charge is 0.493 e. The molecular formula is C30H22N2O7. The normalized spacial score (nSPS) is 16.7. The van der Waals surface area contributed by atoms with Gasteiger partial charge in [-0.05, 0) is 59.7 Å². The van der Waals surface area contributed by atoms with Crippen molar-refractivity contribution in [1.82, 2.24) is 9.97 Å². The predicted molar refractivity (Wildman–Crippen MR) is 140 cm³/mol. The third-order valence-corrected chi connectivity index (χ3v) is 6.50. The number of hydrogen-bond donors (Lipinski definition) is 0. The number of esters is 1. The van der Waals surface area contributed by atoms with E-state index < -0.39 is 5.92 Å². The van der Waals surface area contributed by atoms with Crippen molar-refractivity contribution in [3.63, 3.8) is 0 Å². The maximum atomic E-state index is 13.3. The SMILES string of the molecule is COc1ccc(/C=C2\Oc3c(ccc4c3[C@@H](c3cccc(Oc5ncccn5)c3)CC(=O)O4)C2=O)cc1OC. The third-order valence-electron chi connectivity index (χ3n) is 6.50. The van der Waals surface area contributed by atoms with Crippen molar-refractivity contribution in [3.8, 4) is 34.8 Å². The predicted octanol–water partition coefficient (Wildman–Crippen LogP) is 5.34. The van der Waals surface area contributed by atoms with E-state index in [0.717, 1.165) is 5.56 Å². The van der Waals surface area contributed by atoms with Crippen molar-refractivity contribution in [3.05, 3.63) is 101 Å². The summed E-state index contributed by atoms with van der Waals surface area (Å²) in [6, 6.07) is 17.8. The number of ketones is 1. The summed E-state index contributed by atoms with van der Waals surface area (Å²) in [6.45, 7) is 0. The molecule has 0 unspecified atom stereocenters. The van der Waals surface area contributed by atoms with E-state index in [1.807, 2.05) is 18.2 Å². The summed E-state index contributed by atoms with van der Waals surface area (Å²) >= 11 is 0. The second-order valence-electron chi connectivity index (χ2n) is 8.84. The van der Waals surface area contributed by atoms with Gasteiger partial charge in [0, 0.05) is 23.9 Å². The highest BCUT2D eigenvalue weighted by molar-refractivity contribution is 6.15. The monoisotopic (exact) mass is 522 g/mol. The fraction of sp³-hybridized carbons (Fsp3) is 0.133. The van der Waals surface area contributed by atoms with Crippen LogP contribution >= 0.6 is 0 Å². The molecule has 9 nitrogen and oxygen atoms in total. The average molecular weight is 523 g/mol. The Balaban J connectivity index is 1.38. The van der Waals surface area contributed by atoms with E-state index in [1.165, 1.54) is 0 Å². The summed E-state index contributed by atoms with van der Waals surface area (Å²) in [7, 11) is 3.10. The molecule has 0 radical (unpaired) electrons. The molecular weight excluding hydrogens is 500 g/mol. The maximum absolute atomic E-state index is 13.3. The van der Waals surface area contributed by atoms with Crippen molar-refractivity contribution in [2.45, 2.75) is 12.3 Å². The highest BCUT2D eigenvalue weighted by Gasteiger charge is 2.38. The van der Waals surface area contributed by atoms with Crippen LogP contribution in [-0.4, -0.2) is 35.9 Å². The standard InChI is InChI=1S/C30H22N2O7/c1-35-22-9-7-17(13-24(22)36-2)14-25-28(34)20-8-10-23-27(29(20)39-25)21(16-26(33)38-23)18-5-3-6-19(15-18)37-30-31-11-4-12-32-30/h3-15,21H,16H2,1-2H3/b25-14-/t21-/m1/s1. The lowest BCUT2D eigenvalue weighted by molar-refractivity contribution is -0.135. The molecule has 0 spiro atoms. The number of benzene rings is 3. The number of methoxy groups -OCH3 is 2. The van der Waals surface area contributed by atoms with E-state index in [-0.39, 0.29) is 29.9 Å². The molecule has 0 saturated heterocycles. The number of carbonyl (C=O) groups is 2. The van der Waals surface area contributed by atoms with Crippen LogP contribution in [0.2, 0.25) is 0 Å². The molecule has 39 heavy (non-hydrogen) atoms. The second-order valence-corrected chi connectivity index (χ2v) is 8.84. The van der Waals surface area contributed by atoms with Gasteiger partial charge in [0.05, 0.1) is 26.2 Å². The zero-order valence-electron chi connectivity index (χ0n) is 21.0. The van der Waals surface area contributed by atoms with E-state index in [4.69, 9.17) is 23.7 Å². The number of ether oxygens (including phenoxy) is 5. The Morgan fingerprint density at radius 2 is 1.72 bits per heavy atom. The highest BCUT2D eigenvalue weighted by Crippen LogP contribution is 2.49. The van der Waals surface area contributed by atoms with E-state index in [9.17, 15) is 9.59 Å². The summed E-state index contributed by atoms with van der Waals surface area (Å²) in [5.74, 6) is 1.43. The fourth-order valence-electron chi connectivity index (χ4n) is 4.72. The van der Waals surface area contributed by atoms with Crippen LogP contribution in [0.25, 0.3) is 6.08 Å². The van der Waals surface area contributed by atoms with E-state index in [1.54, 1.807) is 75.2 Å². The molecule has 194 valence electrons. The van der Waals surface area contributed by atoms with Crippen LogP contribution in [0.4, 0.5) is 0 Å². The van der Waals surface area contributed by atoms with Crippen LogP contribution in [-0.2, 0) is 4.79 Å². The van der Waals surface area contributed by atoms with Crippen LogP contribution in [0.3, 0.4) is 0 Å². The Bertz CT molecular complexity index is 1630. The van der Waals surface area contributed by atoms with Gasteiger partial charge in [-0.25, -0.2) is 9.97 Å². The lowest BCUT2D eigenvalue weighted by Crippen LogP contribution is -2.21. The number of nitrogens with zero attached hydrogens (tertiary/aromatic N) is 2. The lowest BCUT2D eigenvalue weighted by atomic mass is 9.84. The summed E-state index contributed by atoms with van der Waals surface area (Å²) in [6.07, 6.45) is 4.89. The van der Waals surface area contributed by atoms with Crippen LogP contribution in [0.1, 0.15) is 39.4 Å². The van der Waals surface area contributed by atoms with Gasteiger partial charge < -0.3 is 23.7 Å². The van der Waals surface area contributed by atoms with Crippen LogP contribution in [0, 0.1) is 0 Å². The van der Waals surface area contributed by atoms with Crippen LogP contribution < -0.4 is 23.7 Å². The summed E-state index contributed by atoms with van der Waals surface area (Å²) in [5, 5.41) is 0. The number of Topliss-reactive ketones (excluding diaryl/α,β-unsaturated/α-hetero) is 1. The van der Waals surface area contributed by atoms with Crippen molar-refractivity contribution in [2.24, 2.45) is 0 Å². The first-order valence-corrected chi connectivity index (χ1v) is 12.1. The molecule has 3 heterocycles. The van der Waals surface area contributed by atoms with E-state index in [0.29, 0.717) is 45.4 Å². The Morgan fingerprint density at radius 1 is 0.897 bits per heavy atom. The van der Waals surface area contributed by atoms with Crippen molar-refractivity contribution >= 4 is 17.8 Å². The summed E-state index contributed by atoms with van der Waals surface area (Å²) in [5.41, 5.74) is 2.52. The summed E-state index contributed by atoms with van der Waals surface area (Å²) in [4.78, 5) is 34.1. The van der Waals surface area contributed by atoms with Gasteiger partial charge in [0.25, 0.3) is 0 Å². The third kappa shape index (κ3) is 4.54. The first-order chi connectivity index (χ1) is 19.0. The van der Waals surface area contributed by atoms with Gasteiger partial charge >= 0.3 is 12.0 Å². The Labute approximate surface area is 223 Å². The fourth-order valence-corrected chi connectivity index (χ4v) is 4.72. The lowest BCUT2D eigenvalue weighted by Gasteiger charge is -2.26. The zero-order chi connectivity index (χ0) is 26.9. The molecule has 2 aliphatic rings. The molecule has 0 saturated carbocycles. The molecule has 0 N–H and O–H groups in total. The number of fused-ring (bicyclic) bond motifs is 3. The van der Waals surface area contributed by atoms with Gasteiger partial charge in [-0.15, -0.1) is 0 Å². The first kappa shape index (κ1) is 24.2. The molecule has 4 aromatic rings. The Kier molecular flexibility index (Phi) is 6.16. The smallest absolute Gasteiger partial charge is 0.321 e. The molecule has 3 aromatic carbocycles. The molecule has 2 aliphatic heterocycles. The Morgan fingerprint density at radius 3 is 2.51 bits per heavy atom. The van der Waals surface area contributed by atoms with Gasteiger partial charge in [-0.2, -0.15) is 0 Å². The molecule has 0 amide bonds. The molecule has 0 bridgehead atoms.